The van der Waals surface area contributed by atoms with Gasteiger partial charge in [0.15, 0.2) is 5.65 Å². The number of nitrogens with one attached hydrogen (secondary N) is 1. The topological polar surface area (TPSA) is 82.8 Å². The molecule has 128 valence electrons. The highest BCUT2D eigenvalue weighted by Crippen LogP contribution is 2.15. The minimum absolute atomic E-state index is 0.219. The van der Waals surface area contributed by atoms with E-state index in [1.165, 1.54) is 0 Å². The second-order valence-electron chi connectivity index (χ2n) is 6.28. The van der Waals surface area contributed by atoms with Crippen LogP contribution in [0, 0.1) is 0 Å². The van der Waals surface area contributed by atoms with Crippen molar-refractivity contribution in [2.24, 2.45) is 0 Å². The van der Waals surface area contributed by atoms with E-state index >= 15 is 0 Å². The van der Waals surface area contributed by atoms with Gasteiger partial charge in [0.1, 0.15) is 0 Å². The molecule has 1 atom stereocenters. The number of aliphatic hydroxyl groups excluding tert-OH is 1. The Morgan fingerprint density at radius 3 is 2.80 bits per heavy atom. The van der Waals surface area contributed by atoms with Crippen molar-refractivity contribution in [3.63, 3.8) is 0 Å². The standard InChI is InChI=1S/C18H19N5O2/c24-15-8-10-22(12-15)11-13-4-6-14(7-5-13)17(25)19-18-21-20-16-3-1-2-9-23(16)18/h1-7,9,15,24H,8,10-12H2,(H,19,21,25)/t15-/m0/s1. The smallest absolute Gasteiger partial charge is 0.258 e. The van der Waals surface area contributed by atoms with Crippen LogP contribution in [0.1, 0.15) is 22.3 Å². The van der Waals surface area contributed by atoms with E-state index in [0.29, 0.717) is 23.7 Å². The number of carbonyl (C=O) groups excluding carboxylic acids is 1. The van der Waals surface area contributed by atoms with Crippen molar-refractivity contribution in [1.82, 2.24) is 19.5 Å². The van der Waals surface area contributed by atoms with E-state index in [1.54, 1.807) is 22.7 Å². The minimum Gasteiger partial charge on any atom is -0.392 e. The monoisotopic (exact) mass is 337 g/mol. The molecule has 1 fully saturated rings. The Morgan fingerprint density at radius 2 is 2.04 bits per heavy atom. The molecular formula is C18H19N5O2. The van der Waals surface area contributed by atoms with Gasteiger partial charge in [-0.3, -0.25) is 19.4 Å². The van der Waals surface area contributed by atoms with Gasteiger partial charge in [0, 0.05) is 31.4 Å². The predicted octanol–water partition coefficient (Wildman–Crippen LogP) is 1.55. The van der Waals surface area contributed by atoms with Crippen LogP contribution in [0.15, 0.2) is 48.7 Å². The Bertz CT molecular complexity index is 890. The Kier molecular flexibility index (Phi) is 4.17. The minimum atomic E-state index is -0.221. The molecule has 1 saturated heterocycles. The van der Waals surface area contributed by atoms with Gasteiger partial charge in [0.2, 0.25) is 5.95 Å². The number of β-amino-alcohol motifs (C(OH)–C–C–N with tert-alkyl or cyclic N) is 1. The number of aromatic nitrogens is 3. The summed E-state index contributed by atoms with van der Waals surface area (Å²) in [7, 11) is 0. The average Bonchev–Trinajstić information content (AvgIpc) is 3.22. The Morgan fingerprint density at radius 1 is 1.20 bits per heavy atom. The highest BCUT2D eigenvalue weighted by atomic mass is 16.3. The van der Waals surface area contributed by atoms with Crippen LogP contribution in [0.3, 0.4) is 0 Å². The highest BCUT2D eigenvalue weighted by molar-refractivity contribution is 6.03. The first-order chi connectivity index (χ1) is 12.2. The number of anilines is 1. The Hall–Kier alpha value is -2.77. The number of benzene rings is 1. The zero-order chi connectivity index (χ0) is 17.2. The van der Waals surface area contributed by atoms with E-state index in [4.69, 9.17) is 0 Å². The van der Waals surface area contributed by atoms with Crippen LogP contribution in [0.2, 0.25) is 0 Å². The van der Waals surface area contributed by atoms with Crippen LogP contribution in [0.4, 0.5) is 5.95 Å². The van der Waals surface area contributed by atoms with Gasteiger partial charge in [0.05, 0.1) is 6.10 Å². The predicted molar refractivity (Wildman–Crippen MR) is 93.3 cm³/mol. The number of likely N-dealkylation sites (tertiary alicyclic amines) is 1. The molecule has 0 bridgehead atoms. The summed E-state index contributed by atoms with van der Waals surface area (Å²) in [6.45, 7) is 2.40. The summed E-state index contributed by atoms with van der Waals surface area (Å²) in [6, 6.07) is 13.1. The average molecular weight is 337 g/mol. The quantitative estimate of drug-likeness (QED) is 0.755. The molecule has 25 heavy (non-hydrogen) atoms. The molecule has 0 spiro atoms. The summed E-state index contributed by atoms with van der Waals surface area (Å²) >= 11 is 0. The van der Waals surface area contributed by atoms with Gasteiger partial charge in [-0.05, 0) is 36.2 Å². The van der Waals surface area contributed by atoms with Crippen LogP contribution in [0.25, 0.3) is 5.65 Å². The number of pyridine rings is 1. The fraction of sp³-hybridized carbons (Fsp3) is 0.278. The summed E-state index contributed by atoms with van der Waals surface area (Å²) < 4.78 is 1.73. The molecular weight excluding hydrogens is 318 g/mol. The summed E-state index contributed by atoms with van der Waals surface area (Å²) in [5.74, 6) is 0.178. The molecule has 3 heterocycles. The number of carbonyl (C=O) groups is 1. The maximum Gasteiger partial charge on any atom is 0.258 e. The largest absolute Gasteiger partial charge is 0.392 e. The van der Waals surface area contributed by atoms with Crippen LogP contribution < -0.4 is 5.32 Å². The van der Waals surface area contributed by atoms with Crippen LogP contribution in [-0.4, -0.2) is 49.7 Å². The Balaban J connectivity index is 1.43. The molecule has 7 nitrogen and oxygen atoms in total. The normalized spacial score (nSPS) is 17.9. The van der Waals surface area contributed by atoms with Crippen molar-refractivity contribution in [2.75, 3.05) is 18.4 Å². The molecule has 1 aliphatic heterocycles. The summed E-state index contributed by atoms with van der Waals surface area (Å²) in [5.41, 5.74) is 2.37. The Labute approximate surface area is 144 Å². The number of hydrogen-bond donors (Lipinski definition) is 2. The number of rotatable bonds is 4. The second kappa shape index (κ2) is 6.62. The molecule has 1 aromatic carbocycles. The van der Waals surface area contributed by atoms with E-state index in [9.17, 15) is 9.90 Å². The fourth-order valence-corrected chi connectivity index (χ4v) is 3.08. The first-order valence-corrected chi connectivity index (χ1v) is 8.29. The SMILES string of the molecule is O=C(Nc1nnc2ccccn12)c1ccc(CN2CC[C@H](O)C2)cc1. The number of aliphatic hydroxyl groups is 1. The first-order valence-electron chi connectivity index (χ1n) is 8.29. The summed E-state index contributed by atoms with van der Waals surface area (Å²) in [6.07, 6.45) is 2.41. The van der Waals surface area contributed by atoms with Crippen LogP contribution in [-0.2, 0) is 6.54 Å². The van der Waals surface area contributed by atoms with Crippen molar-refractivity contribution >= 4 is 17.5 Å². The molecule has 3 aromatic rings. The van der Waals surface area contributed by atoms with Gasteiger partial charge in [-0.2, -0.15) is 0 Å². The maximum absolute atomic E-state index is 12.4. The highest BCUT2D eigenvalue weighted by Gasteiger charge is 2.20. The zero-order valence-corrected chi connectivity index (χ0v) is 13.7. The number of fused-ring (bicyclic) bond motifs is 1. The maximum atomic E-state index is 12.4. The van der Waals surface area contributed by atoms with Gasteiger partial charge in [-0.1, -0.05) is 18.2 Å². The van der Waals surface area contributed by atoms with Gasteiger partial charge in [-0.25, -0.2) is 0 Å². The third kappa shape index (κ3) is 3.38. The molecule has 0 radical (unpaired) electrons. The van der Waals surface area contributed by atoms with Crippen molar-refractivity contribution < 1.29 is 9.90 Å². The van der Waals surface area contributed by atoms with Crippen molar-refractivity contribution in [2.45, 2.75) is 19.1 Å². The molecule has 4 rings (SSSR count). The van der Waals surface area contributed by atoms with Crippen molar-refractivity contribution in [3.8, 4) is 0 Å². The number of hydrogen-bond acceptors (Lipinski definition) is 5. The lowest BCUT2D eigenvalue weighted by Crippen LogP contribution is -2.21. The summed E-state index contributed by atoms with van der Waals surface area (Å²) in [4.78, 5) is 14.6. The van der Waals surface area contributed by atoms with E-state index in [0.717, 1.165) is 25.1 Å². The molecule has 0 aliphatic carbocycles. The molecule has 2 N–H and O–H groups in total. The molecule has 1 aliphatic rings. The lowest BCUT2D eigenvalue weighted by molar-refractivity contribution is 0.102. The summed E-state index contributed by atoms with van der Waals surface area (Å²) in [5, 5.41) is 20.4. The van der Waals surface area contributed by atoms with Gasteiger partial charge < -0.3 is 5.11 Å². The third-order valence-corrected chi connectivity index (χ3v) is 4.41. The van der Waals surface area contributed by atoms with Crippen molar-refractivity contribution in [1.29, 1.82) is 0 Å². The molecule has 7 heteroatoms. The number of amides is 1. The van der Waals surface area contributed by atoms with E-state index in [-0.39, 0.29) is 12.0 Å². The van der Waals surface area contributed by atoms with E-state index in [1.807, 2.05) is 30.3 Å². The molecule has 0 unspecified atom stereocenters. The van der Waals surface area contributed by atoms with Crippen LogP contribution in [0.5, 0.6) is 0 Å². The zero-order valence-electron chi connectivity index (χ0n) is 13.7. The van der Waals surface area contributed by atoms with Gasteiger partial charge >= 0.3 is 0 Å². The van der Waals surface area contributed by atoms with E-state index in [2.05, 4.69) is 20.4 Å². The van der Waals surface area contributed by atoms with Crippen molar-refractivity contribution in [3.05, 3.63) is 59.8 Å². The lowest BCUT2D eigenvalue weighted by atomic mass is 10.1. The third-order valence-electron chi connectivity index (χ3n) is 4.41. The fourth-order valence-electron chi connectivity index (χ4n) is 3.08. The first kappa shape index (κ1) is 15.7. The van der Waals surface area contributed by atoms with E-state index < -0.39 is 0 Å². The van der Waals surface area contributed by atoms with Crippen LogP contribution >= 0.6 is 0 Å². The van der Waals surface area contributed by atoms with Gasteiger partial charge in [-0.15, -0.1) is 10.2 Å². The molecule has 1 amide bonds. The lowest BCUT2D eigenvalue weighted by Gasteiger charge is -2.15. The molecule has 0 saturated carbocycles. The van der Waals surface area contributed by atoms with Gasteiger partial charge in [0.25, 0.3) is 5.91 Å². The second-order valence-corrected chi connectivity index (χ2v) is 6.28. The number of nitrogens with zero attached hydrogens (tertiary/aromatic N) is 4. The molecule has 2 aromatic heterocycles.